The summed E-state index contributed by atoms with van der Waals surface area (Å²) in [5, 5.41) is 0. The molecule has 36 heavy (non-hydrogen) atoms. The van der Waals surface area contributed by atoms with E-state index in [4.69, 9.17) is 4.74 Å². The van der Waals surface area contributed by atoms with Crippen LogP contribution in [0.15, 0.2) is 23.8 Å². The van der Waals surface area contributed by atoms with E-state index in [1.165, 1.54) is 83.5 Å². The van der Waals surface area contributed by atoms with Crippen molar-refractivity contribution < 1.29 is 4.74 Å². The average molecular weight is 497 g/mol. The van der Waals surface area contributed by atoms with Crippen LogP contribution in [0.5, 0.6) is 0 Å². The van der Waals surface area contributed by atoms with Gasteiger partial charge in [-0.15, -0.1) is 0 Å². The maximum absolute atomic E-state index is 6.40. The molecule has 0 bridgehead atoms. The minimum atomic E-state index is 0.446. The Morgan fingerprint density at radius 3 is 2.47 bits per heavy atom. The summed E-state index contributed by atoms with van der Waals surface area (Å²) in [5.41, 5.74) is 2.77. The number of hydrogen-bond donors (Lipinski definition) is 0. The predicted molar refractivity (Wildman–Crippen MR) is 156 cm³/mol. The van der Waals surface area contributed by atoms with E-state index in [1.54, 1.807) is 5.57 Å². The lowest BCUT2D eigenvalue weighted by molar-refractivity contribution is -0.0615. The second kappa shape index (κ2) is 12.1. The highest BCUT2D eigenvalue weighted by Crippen LogP contribution is 2.67. The fourth-order valence-electron chi connectivity index (χ4n) is 9.73. The molecule has 3 saturated carbocycles. The van der Waals surface area contributed by atoms with Gasteiger partial charge in [-0.3, -0.25) is 0 Å². The zero-order valence-electron chi connectivity index (χ0n) is 25.2. The summed E-state index contributed by atoms with van der Waals surface area (Å²) >= 11 is 0. The van der Waals surface area contributed by atoms with Crippen LogP contribution < -0.4 is 0 Å². The highest BCUT2D eigenvalue weighted by molar-refractivity contribution is 5.25. The van der Waals surface area contributed by atoms with Gasteiger partial charge in [0.05, 0.1) is 6.10 Å². The minimum absolute atomic E-state index is 0.446. The van der Waals surface area contributed by atoms with Crippen LogP contribution in [0.2, 0.25) is 0 Å². The lowest BCUT2D eigenvalue weighted by Crippen LogP contribution is -2.51. The molecule has 4 rings (SSSR count). The second-order valence-electron chi connectivity index (χ2n) is 14.3. The molecule has 206 valence electrons. The molecule has 0 aliphatic heterocycles. The fraction of sp³-hybridized carbons (Fsp3) is 0.886. The molecule has 4 aliphatic carbocycles. The third-order valence-electron chi connectivity index (χ3n) is 12.1. The van der Waals surface area contributed by atoms with Crippen LogP contribution in [0.1, 0.15) is 132 Å². The molecule has 1 unspecified atom stereocenters. The van der Waals surface area contributed by atoms with Gasteiger partial charge in [0.15, 0.2) is 0 Å². The van der Waals surface area contributed by atoms with E-state index < -0.39 is 0 Å². The molecule has 0 radical (unpaired) electrons. The maximum atomic E-state index is 6.40. The zero-order chi connectivity index (χ0) is 25.9. The third-order valence-corrected chi connectivity index (χ3v) is 12.1. The van der Waals surface area contributed by atoms with Crippen molar-refractivity contribution in [2.24, 2.45) is 52.3 Å². The lowest BCUT2D eigenvalue weighted by atomic mass is 9.47. The summed E-state index contributed by atoms with van der Waals surface area (Å²) in [4.78, 5) is 0. The van der Waals surface area contributed by atoms with Crippen LogP contribution in [-0.4, -0.2) is 12.7 Å². The van der Waals surface area contributed by atoms with E-state index in [2.05, 4.69) is 66.7 Å². The Bertz CT molecular complexity index is 763. The first kappa shape index (κ1) is 28.4. The Labute approximate surface area is 225 Å². The fourth-order valence-corrected chi connectivity index (χ4v) is 9.73. The Balaban J connectivity index is 1.40. The minimum Gasteiger partial charge on any atom is -0.378 e. The molecule has 0 amide bonds. The third kappa shape index (κ3) is 5.58. The van der Waals surface area contributed by atoms with Crippen LogP contribution in [0, 0.1) is 52.3 Å². The Morgan fingerprint density at radius 2 is 1.75 bits per heavy atom. The largest absolute Gasteiger partial charge is 0.378 e. The summed E-state index contributed by atoms with van der Waals surface area (Å²) in [6.07, 6.45) is 26.0. The Kier molecular flexibility index (Phi) is 9.55. The van der Waals surface area contributed by atoms with Crippen molar-refractivity contribution in [2.45, 2.75) is 138 Å². The SMILES string of the molecule is CCCCCCOC1CC[C@@]2(C)C(=CC[C@H]3[C@@H]4CC[C@H]([C@H](C)/C=C/[C@@H](CC)C(C)C)[C@@]4(C)CC[C@@H]32)C1. The smallest absolute Gasteiger partial charge is 0.0612 e. The first-order chi connectivity index (χ1) is 17.2. The second-order valence-corrected chi connectivity index (χ2v) is 14.3. The molecule has 0 N–H and O–H groups in total. The zero-order valence-corrected chi connectivity index (χ0v) is 25.2. The van der Waals surface area contributed by atoms with Gasteiger partial charge in [-0.1, -0.05) is 91.5 Å². The van der Waals surface area contributed by atoms with Crippen LogP contribution in [0.25, 0.3) is 0 Å². The van der Waals surface area contributed by atoms with E-state index >= 15 is 0 Å². The molecule has 0 aromatic rings. The first-order valence-corrected chi connectivity index (χ1v) is 16.2. The molecular weight excluding hydrogens is 436 g/mol. The molecule has 0 saturated heterocycles. The summed E-state index contributed by atoms with van der Waals surface area (Å²) in [6.45, 7) is 18.3. The van der Waals surface area contributed by atoms with Crippen LogP contribution in [0.4, 0.5) is 0 Å². The summed E-state index contributed by atoms with van der Waals surface area (Å²) in [7, 11) is 0. The van der Waals surface area contributed by atoms with E-state index in [-0.39, 0.29) is 0 Å². The van der Waals surface area contributed by atoms with Crippen LogP contribution in [0.3, 0.4) is 0 Å². The van der Waals surface area contributed by atoms with Crippen molar-refractivity contribution >= 4 is 0 Å². The standard InChI is InChI=1S/C35H60O/c1-8-10-11-12-23-36-29-19-21-34(6)28(24-29)15-16-30-32-18-17-31(35(32,7)22-20-33(30)34)26(5)13-14-27(9-2)25(3)4/h13-15,25-27,29-33H,8-12,16-24H2,1-7H3/b14-13+/t26-,27-,29?,30+,31-,32+,33+,34+,35-/m1/s1. The van der Waals surface area contributed by atoms with Crippen LogP contribution >= 0.6 is 0 Å². The van der Waals surface area contributed by atoms with Gasteiger partial charge in [0, 0.05) is 6.61 Å². The average Bonchev–Trinajstić information content (AvgIpc) is 3.21. The molecule has 1 heteroatoms. The van der Waals surface area contributed by atoms with Crippen molar-refractivity contribution in [3.63, 3.8) is 0 Å². The van der Waals surface area contributed by atoms with E-state index in [9.17, 15) is 0 Å². The van der Waals surface area contributed by atoms with Gasteiger partial charge in [0.1, 0.15) is 0 Å². The van der Waals surface area contributed by atoms with Crippen molar-refractivity contribution in [1.29, 1.82) is 0 Å². The van der Waals surface area contributed by atoms with Crippen molar-refractivity contribution in [3.8, 4) is 0 Å². The quantitative estimate of drug-likeness (QED) is 0.204. The molecule has 0 heterocycles. The van der Waals surface area contributed by atoms with Crippen LogP contribution in [-0.2, 0) is 4.74 Å². The number of fused-ring (bicyclic) bond motifs is 5. The molecule has 1 nitrogen and oxygen atoms in total. The van der Waals surface area contributed by atoms with Gasteiger partial charge in [-0.05, 0) is 116 Å². The molecule has 9 atom stereocenters. The normalized spacial score (nSPS) is 40.0. The molecule has 3 fully saturated rings. The highest BCUT2D eigenvalue weighted by Gasteiger charge is 2.59. The van der Waals surface area contributed by atoms with Gasteiger partial charge in [-0.25, -0.2) is 0 Å². The van der Waals surface area contributed by atoms with Gasteiger partial charge in [-0.2, -0.15) is 0 Å². The molecule has 4 aliphatic rings. The van der Waals surface area contributed by atoms with E-state index in [0.717, 1.165) is 48.0 Å². The van der Waals surface area contributed by atoms with Gasteiger partial charge < -0.3 is 4.74 Å². The van der Waals surface area contributed by atoms with Gasteiger partial charge in [0.2, 0.25) is 0 Å². The van der Waals surface area contributed by atoms with Crippen molar-refractivity contribution in [2.75, 3.05) is 6.61 Å². The lowest BCUT2D eigenvalue weighted by Gasteiger charge is -2.58. The van der Waals surface area contributed by atoms with E-state index in [1.807, 2.05) is 0 Å². The van der Waals surface area contributed by atoms with Gasteiger partial charge in [0.25, 0.3) is 0 Å². The van der Waals surface area contributed by atoms with Crippen molar-refractivity contribution in [3.05, 3.63) is 23.8 Å². The molecule has 0 aromatic heterocycles. The summed E-state index contributed by atoms with van der Waals surface area (Å²) in [5.74, 6) is 5.86. The molecule has 0 aromatic carbocycles. The predicted octanol–water partition coefficient (Wildman–Crippen LogP) is 10.4. The maximum Gasteiger partial charge on any atom is 0.0612 e. The Hall–Kier alpha value is -0.560. The number of allylic oxidation sites excluding steroid dienone is 3. The van der Waals surface area contributed by atoms with Crippen molar-refractivity contribution in [1.82, 2.24) is 0 Å². The van der Waals surface area contributed by atoms with Gasteiger partial charge >= 0.3 is 0 Å². The molecular formula is C35H60O. The molecule has 0 spiro atoms. The topological polar surface area (TPSA) is 9.23 Å². The first-order valence-electron chi connectivity index (χ1n) is 16.2. The number of unbranched alkanes of at least 4 members (excludes halogenated alkanes) is 3. The summed E-state index contributed by atoms with van der Waals surface area (Å²) in [6, 6.07) is 0. The number of ether oxygens (including phenoxy) is 1. The highest BCUT2D eigenvalue weighted by atomic mass is 16.5. The number of hydrogen-bond acceptors (Lipinski definition) is 1. The van der Waals surface area contributed by atoms with E-state index in [0.29, 0.717) is 16.9 Å². The monoisotopic (exact) mass is 496 g/mol. The Morgan fingerprint density at radius 1 is 0.944 bits per heavy atom. The summed E-state index contributed by atoms with van der Waals surface area (Å²) < 4.78 is 6.40. The number of rotatable bonds is 11.